The van der Waals surface area contributed by atoms with Crippen molar-refractivity contribution in [3.8, 4) is 0 Å². The zero-order chi connectivity index (χ0) is 9.97. The molecule has 1 aromatic heterocycles. The Balaban J connectivity index is 2.29. The first kappa shape index (κ1) is 10.6. The Bertz CT molecular complexity index is 410. The summed E-state index contributed by atoms with van der Waals surface area (Å²) in [4.78, 5) is 0. The van der Waals surface area contributed by atoms with Gasteiger partial charge < -0.3 is 0 Å². The van der Waals surface area contributed by atoms with Crippen LogP contribution in [-0.4, -0.2) is 0 Å². The van der Waals surface area contributed by atoms with E-state index >= 15 is 0 Å². The molecule has 2 rings (SSSR count). The number of halogens is 2. The van der Waals surface area contributed by atoms with E-state index in [0.29, 0.717) is 0 Å². The molecule has 2 aromatic rings. The second kappa shape index (κ2) is 4.77. The monoisotopic (exact) mass is 380 g/mol. The van der Waals surface area contributed by atoms with Gasteiger partial charge in [-0.1, -0.05) is 0 Å². The summed E-state index contributed by atoms with van der Waals surface area (Å²) >= 11 is 4.50. The van der Waals surface area contributed by atoms with Crippen molar-refractivity contribution in [2.45, 2.75) is 6.92 Å². The Morgan fingerprint density at radius 2 is 1.93 bits per heavy atom. The van der Waals surface area contributed by atoms with Crippen molar-refractivity contribution in [1.29, 1.82) is 0 Å². The predicted octanol–water partition coefficient (Wildman–Crippen LogP) is 4.91. The van der Waals surface area contributed by atoms with Gasteiger partial charge in [0.05, 0.1) is 0 Å². The third-order valence-electron chi connectivity index (χ3n) is 1.79. The van der Waals surface area contributed by atoms with E-state index < -0.39 is 17.6 Å². The van der Waals surface area contributed by atoms with Crippen molar-refractivity contribution in [3.63, 3.8) is 0 Å². The zero-order valence-electron chi connectivity index (χ0n) is 7.71. The first-order chi connectivity index (χ1) is 6.77. The topological polar surface area (TPSA) is 0 Å². The Morgan fingerprint density at radius 1 is 1.21 bits per heavy atom. The molecule has 0 saturated carbocycles. The van der Waals surface area contributed by atoms with E-state index in [1.54, 1.807) is 0 Å². The van der Waals surface area contributed by atoms with Crippen LogP contribution in [0.1, 0.15) is 5.56 Å². The number of thiophene rings is 1. The molecule has 0 bridgehead atoms. The van der Waals surface area contributed by atoms with E-state index in [-0.39, 0.29) is 0 Å². The van der Waals surface area contributed by atoms with Gasteiger partial charge in [0.2, 0.25) is 0 Å². The van der Waals surface area contributed by atoms with Crippen molar-refractivity contribution >= 4 is 41.6 Å². The molecule has 74 valence electrons. The molecular formula is C11H10BrIS. The van der Waals surface area contributed by atoms with Gasteiger partial charge in [0.1, 0.15) is 0 Å². The molecule has 0 N–H and O–H groups in total. The molecule has 0 aliphatic rings. The Kier molecular flexibility index (Phi) is 3.62. The SMILES string of the molecule is Cc1csc(I(Br)c2ccccc2)c1. The third-order valence-corrected chi connectivity index (χ3v) is 13.3. The quantitative estimate of drug-likeness (QED) is 0.649. The normalized spacial score (nSPS) is 11.4. The number of hydrogen-bond acceptors (Lipinski definition) is 1. The van der Waals surface area contributed by atoms with E-state index in [9.17, 15) is 0 Å². The summed E-state index contributed by atoms with van der Waals surface area (Å²) in [5, 5.41) is 2.23. The van der Waals surface area contributed by atoms with Crippen LogP contribution in [0.15, 0.2) is 41.8 Å². The average Bonchev–Trinajstić information content (AvgIpc) is 2.65. The third kappa shape index (κ3) is 2.38. The van der Waals surface area contributed by atoms with Gasteiger partial charge in [-0.15, -0.1) is 0 Å². The standard InChI is InChI=1S/C11H10BrIS/c1-9-7-11(14-8-9)13(12)10-5-3-2-4-6-10/h2-8H,1H3. The summed E-state index contributed by atoms with van der Waals surface area (Å²) < 4.78 is 3.00. The molecule has 14 heavy (non-hydrogen) atoms. The molecule has 0 radical (unpaired) electrons. The second-order valence-corrected chi connectivity index (χ2v) is 12.4. The summed E-state index contributed by atoms with van der Waals surface area (Å²) in [6, 6.07) is 13.0. The molecule has 1 aromatic carbocycles. The Morgan fingerprint density at radius 3 is 2.50 bits per heavy atom. The minimum atomic E-state index is -1.25. The maximum absolute atomic E-state index is 3.87. The van der Waals surface area contributed by atoms with Gasteiger partial charge in [-0.25, -0.2) is 0 Å². The average molecular weight is 381 g/mol. The summed E-state index contributed by atoms with van der Waals surface area (Å²) in [5.74, 6) is 0. The minimum absolute atomic E-state index is 1.25. The van der Waals surface area contributed by atoms with Crippen LogP contribution in [0, 0.1) is 13.4 Å². The maximum atomic E-state index is 3.87. The molecule has 0 saturated heterocycles. The first-order valence-electron chi connectivity index (χ1n) is 4.24. The van der Waals surface area contributed by atoms with Crippen LogP contribution in [0.2, 0.25) is 0 Å². The van der Waals surface area contributed by atoms with Crippen LogP contribution >= 0.6 is 41.6 Å². The molecule has 1 heterocycles. The van der Waals surface area contributed by atoms with Gasteiger partial charge in [0.15, 0.2) is 0 Å². The van der Waals surface area contributed by atoms with E-state index in [1.807, 2.05) is 11.3 Å². The number of aryl methyl sites for hydroxylation is 1. The molecule has 0 spiro atoms. The van der Waals surface area contributed by atoms with E-state index in [2.05, 4.69) is 61.4 Å². The molecule has 0 nitrogen and oxygen atoms in total. The number of rotatable bonds is 2. The second-order valence-electron chi connectivity index (χ2n) is 2.96. The molecule has 0 aliphatic carbocycles. The van der Waals surface area contributed by atoms with Gasteiger partial charge in [-0.3, -0.25) is 0 Å². The Labute approximate surface area is 101 Å². The van der Waals surface area contributed by atoms with Gasteiger partial charge >= 0.3 is 102 Å². The molecule has 0 atom stereocenters. The Hall–Kier alpha value is 0.130. The first-order valence-corrected chi connectivity index (χ1v) is 12.1. The van der Waals surface area contributed by atoms with Crippen LogP contribution in [-0.2, 0) is 0 Å². The number of benzene rings is 1. The van der Waals surface area contributed by atoms with E-state index in [0.717, 1.165) is 0 Å². The molecular weight excluding hydrogens is 371 g/mol. The van der Waals surface area contributed by atoms with Crippen molar-refractivity contribution in [3.05, 3.63) is 53.8 Å². The van der Waals surface area contributed by atoms with Crippen molar-refractivity contribution in [2.24, 2.45) is 0 Å². The summed E-state index contributed by atoms with van der Waals surface area (Å²) in [6.07, 6.45) is 0. The molecule has 3 heteroatoms. The predicted molar refractivity (Wildman–Crippen MR) is 75.8 cm³/mol. The summed E-state index contributed by atoms with van der Waals surface area (Å²) in [7, 11) is 0. The summed E-state index contributed by atoms with van der Waals surface area (Å²) in [6.45, 7) is 2.15. The molecule has 0 aliphatic heterocycles. The molecule has 0 fully saturated rings. The number of hydrogen-bond donors (Lipinski definition) is 0. The molecule has 0 unspecified atom stereocenters. The fourth-order valence-electron chi connectivity index (χ4n) is 1.12. The van der Waals surface area contributed by atoms with Crippen LogP contribution < -0.4 is 0 Å². The fraction of sp³-hybridized carbons (Fsp3) is 0.0909. The van der Waals surface area contributed by atoms with Crippen molar-refractivity contribution in [1.82, 2.24) is 0 Å². The van der Waals surface area contributed by atoms with E-state index in [4.69, 9.17) is 0 Å². The van der Waals surface area contributed by atoms with Crippen molar-refractivity contribution in [2.75, 3.05) is 0 Å². The van der Waals surface area contributed by atoms with Crippen LogP contribution in [0.5, 0.6) is 0 Å². The summed E-state index contributed by atoms with van der Waals surface area (Å²) in [5.41, 5.74) is 1.38. The zero-order valence-corrected chi connectivity index (χ0v) is 12.3. The van der Waals surface area contributed by atoms with Gasteiger partial charge in [-0.05, 0) is 0 Å². The van der Waals surface area contributed by atoms with Gasteiger partial charge in [0.25, 0.3) is 0 Å². The molecule has 0 amide bonds. The van der Waals surface area contributed by atoms with Crippen LogP contribution in [0.4, 0.5) is 0 Å². The fourth-order valence-corrected chi connectivity index (χ4v) is 9.23. The van der Waals surface area contributed by atoms with Crippen LogP contribution in [0.25, 0.3) is 0 Å². The van der Waals surface area contributed by atoms with Crippen LogP contribution in [0.3, 0.4) is 0 Å². The van der Waals surface area contributed by atoms with Gasteiger partial charge in [-0.2, -0.15) is 0 Å². The van der Waals surface area contributed by atoms with E-state index in [1.165, 1.54) is 12.0 Å². The van der Waals surface area contributed by atoms with Gasteiger partial charge in [0, 0.05) is 0 Å². The van der Waals surface area contributed by atoms with Crippen molar-refractivity contribution < 1.29 is 0 Å².